The first-order valence-electron chi connectivity index (χ1n) is 9.55. The molecule has 0 saturated carbocycles. The van der Waals surface area contributed by atoms with Gasteiger partial charge in [-0.05, 0) is 18.9 Å². The Morgan fingerprint density at radius 3 is 2.56 bits per heavy atom. The second-order valence-corrected chi connectivity index (χ2v) is 6.83. The quantitative estimate of drug-likeness (QED) is 0.504. The number of nitrogens with one attached hydrogen (secondary N) is 1. The zero-order valence-electron chi connectivity index (χ0n) is 16.0. The van der Waals surface area contributed by atoms with E-state index in [0.717, 1.165) is 31.2 Å². The molecular formula is C21H27N3O3. The maximum Gasteiger partial charge on any atom is 0.324 e. The van der Waals surface area contributed by atoms with Crippen LogP contribution in [0.25, 0.3) is 0 Å². The molecule has 0 unspecified atom stereocenters. The molecule has 144 valence electrons. The minimum atomic E-state index is -1.07. The molecule has 0 radical (unpaired) electrons. The van der Waals surface area contributed by atoms with E-state index in [9.17, 15) is 14.9 Å². The van der Waals surface area contributed by atoms with Crippen molar-refractivity contribution in [1.82, 2.24) is 5.43 Å². The smallest absolute Gasteiger partial charge is 0.324 e. The Balaban J connectivity index is 2.13. The Kier molecular flexibility index (Phi) is 8.00. The fourth-order valence-electron chi connectivity index (χ4n) is 3.40. The zero-order chi connectivity index (χ0) is 19.6. The van der Waals surface area contributed by atoms with Gasteiger partial charge < -0.3 is 4.74 Å². The van der Waals surface area contributed by atoms with Gasteiger partial charge in [-0.25, -0.2) is 5.43 Å². The normalized spacial score (nSPS) is 18.2. The SMILES string of the molecule is CCCCCCCOC(=O)[C@H](C#N)[C@H](c1ccccc1)[C@H]1C(=O)NN=C1C. The largest absolute Gasteiger partial charge is 0.465 e. The van der Waals surface area contributed by atoms with Gasteiger partial charge in [0.2, 0.25) is 5.91 Å². The third kappa shape index (κ3) is 5.40. The van der Waals surface area contributed by atoms with Crippen molar-refractivity contribution >= 4 is 17.6 Å². The van der Waals surface area contributed by atoms with E-state index >= 15 is 0 Å². The molecule has 1 aromatic carbocycles. The summed E-state index contributed by atoms with van der Waals surface area (Å²) < 4.78 is 5.37. The summed E-state index contributed by atoms with van der Waals surface area (Å²) in [5, 5.41) is 13.7. The van der Waals surface area contributed by atoms with Gasteiger partial charge in [-0.15, -0.1) is 0 Å². The highest BCUT2D eigenvalue weighted by molar-refractivity contribution is 6.08. The van der Waals surface area contributed by atoms with Crippen molar-refractivity contribution in [2.45, 2.75) is 51.9 Å². The highest BCUT2D eigenvalue weighted by Gasteiger charge is 2.43. The molecular weight excluding hydrogens is 342 g/mol. The number of ether oxygens (including phenoxy) is 1. The van der Waals surface area contributed by atoms with Crippen molar-refractivity contribution in [1.29, 1.82) is 5.26 Å². The van der Waals surface area contributed by atoms with Crippen LogP contribution in [0.3, 0.4) is 0 Å². The van der Waals surface area contributed by atoms with Gasteiger partial charge in [0.15, 0.2) is 5.92 Å². The highest BCUT2D eigenvalue weighted by Crippen LogP contribution is 2.35. The topological polar surface area (TPSA) is 91.5 Å². The van der Waals surface area contributed by atoms with Gasteiger partial charge in [0.05, 0.1) is 18.6 Å². The standard InChI is InChI=1S/C21H27N3O3/c1-3-4-5-6-10-13-27-21(26)17(14-22)19(16-11-8-7-9-12-16)18-15(2)23-24-20(18)25/h7-9,11-12,17-19H,3-6,10,13H2,1-2H3,(H,24,25)/t17-,18+,19+/m1/s1. The Bertz CT molecular complexity index is 709. The van der Waals surface area contributed by atoms with Gasteiger partial charge in [-0.2, -0.15) is 10.4 Å². The lowest BCUT2D eigenvalue weighted by molar-refractivity contribution is -0.147. The van der Waals surface area contributed by atoms with Crippen molar-refractivity contribution in [2.24, 2.45) is 16.9 Å². The van der Waals surface area contributed by atoms with Gasteiger partial charge in [0, 0.05) is 11.6 Å². The third-order valence-electron chi connectivity index (χ3n) is 4.86. The average molecular weight is 369 g/mol. The summed E-state index contributed by atoms with van der Waals surface area (Å²) in [6.45, 7) is 4.17. The molecule has 1 amide bonds. The van der Waals surface area contributed by atoms with Gasteiger partial charge in [-0.1, -0.05) is 62.9 Å². The first kappa shape index (κ1) is 20.6. The first-order chi connectivity index (χ1) is 13.1. The Hall–Kier alpha value is -2.68. The van der Waals surface area contributed by atoms with E-state index in [4.69, 9.17) is 4.74 Å². The van der Waals surface area contributed by atoms with Crippen LogP contribution in [0.2, 0.25) is 0 Å². The molecule has 1 aromatic rings. The summed E-state index contributed by atoms with van der Waals surface area (Å²) in [4.78, 5) is 24.9. The molecule has 0 saturated heterocycles. The number of hydrogen-bond acceptors (Lipinski definition) is 5. The number of unbranched alkanes of at least 4 members (excludes halogenated alkanes) is 4. The van der Waals surface area contributed by atoms with Crippen molar-refractivity contribution in [3.63, 3.8) is 0 Å². The molecule has 0 spiro atoms. The summed E-state index contributed by atoms with van der Waals surface area (Å²) in [6, 6.07) is 11.2. The first-order valence-corrected chi connectivity index (χ1v) is 9.55. The van der Waals surface area contributed by atoms with Gasteiger partial charge >= 0.3 is 5.97 Å². The van der Waals surface area contributed by atoms with Crippen molar-refractivity contribution in [3.05, 3.63) is 35.9 Å². The van der Waals surface area contributed by atoms with E-state index in [0.29, 0.717) is 12.3 Å². The van der Waals surface area contributed by atoms with Crippen LogP contribution in [0, 0.1) is 23.2 Å². The van der Waals surface area contributed by atoms with Crippen LogP contribution in [0.15, 0.2) is 35.4 Å². The zero-order valence-corrected chi connectivity index (χ0v) is 16.0. The predicted octanol–water partition coefficient (Wildman–Crippen LogP) is 3.55. The fourth-order valence-corrected chi connectivity index (χ4v) is 3.40. The number of esters is 1. The molecule has 27 heavy (non-hydrogen) atoms. The summed E-state index contributed by atoms with van der Waals surface area (Å²) in [5.41, 5.74) is 3.77. The van der Waals surface area contributed by atoms with E-state index in [1.54, 1.807) is 6.92 Å². The van der Waals surface area contributed by atoms with Crippen LogP contribution >= 0.6 is 0 Å². The molecule has 1 aliphatic heterocycles. The monoisotopic (exact) mass is 369 g/mol. The minimum Gasteiger partial charge on any atom is -0.465 e. The van der Waals surface area contributed by atoms with Crippen LogP contribution in [-0.2, 0) is 14.3 Å². The third-order valence-corrected chi connectivity index (χ3v) is 4.86. The van der Waals surface area contributed by atoms with Crippen LogP contribution < -0.4 is 5.43 Å². The summed E-state index contributed by atoms with van der Waals surface area (Å²) in [6.07, 6.45) is 5.21. The Morgan fingerprint density at radius 1 is 1.26 bits per heavy atom. The van der Waals surface area contributed by atoms with Crippen molar-refractivity contribution in [2.75, 3.05) is 6.61 Å². The Labute approximate surface area is 160 Å². The molecule has 3 atom stereocenters. The number of hydrogen-bond donors (Lipinski definition) is 1. The number of rotatable bonds is 10. The van der Waals surface area contributed by atoms with E-state index in [2.05, 4.69) is 23.5 Å². The average Bonchev–Trinajstić information content (AvgIpc) is 3.01. The summed E-state index contributed by atoms with van der Waals surface area (Å²) in [5.74, 6) is -3.23. The molecule has 0 aliphatic carbocycles. The van der Waals surface area contributed by atoms with Gasteiger partial charge in [-0.3, -0.25) is 9.59 Å². The number of carbonyl (C=O) groups is 2. The molecule has 1 N–H and O–H groups in total. The molecule has 2 rings (SSSR count). The van der Waals surface area contributed by atoms with Gasteiger partial charge in [0.25, 0.3) is 0 Å². The lowest BCUT2D eigenvalue weighted by atomic mass is 9.75. The number of hydrazone groups is 1. The van der Waals surface area contributed by atoms with Gasteiger partial charge in [0.1, 0.15) is 0 Å². The van der Waals surface area contributed by atoms with Crippen LogP contribution in [0.5, 0.6) is 0 Å². The summed E-state index contributed by atoms with van der Waals surface area (Å²) >= 11 is 0. The van der Waals surface area contributed by atoms with Crippen molar-refractivity contribution in [3.8, 4) is 6.07 Å². The Morgan fingerprint density at radius 2 is 1.96 bits per heavy atom. The fraction of sp³-hybridized carbons (Fsp3) is 0.524. The summed E-state index contributed by atoms with van der Waals surface area (Å²) in [7, 11) is 0. The van der Waals surface area contributed by atoms with E-state index < -0.39 is 23.7 Å². The van der Waals surface area contributed by atoms with Crippen LogP contribution in [-0.4, -0.2) is 24.2 Å². The molecule has 1 aliphatic rings. The number of carbonyl (C=O) groups excluding carboxylic acids is 2. The highest BCUT2D eigenvalue weighted by atomic mass is 16.5. The van der Waals surface area contributed by atoms with E-state index in [1.165, 1.54) is 6.42 Å². The lowest BCUT2D eigenvalue weighted by Gasteiger charge is -2.25. The van der Waals surface area contributed by atoms with E-state index in [1.807, 2.05) is 30.3 Å². The lowest BCUT2D eigenvalue weighted by Crippen LogP contribution is -2.36. The minimum absolute atomic E-state index is 0.297. The molecule has 0 aromatic heterocycles. The van der Waals surface area contributed by atoms with Crippen molar-refractivity contribution < 1.29 is 14.3 Å². The predicted molar refractivity (Wildman–Crippen MR) is 103 cm³/mol. The van der Waals surface area contributed by atoms with Crippen LogP contribution in [0.1, 0.15) is 57.4 Å². The molecule has 0 fully saturated rings. The molecule has 6 nitrogen and oxygen atoms in total. The molecule has 6 heteroatoms. The second-order valence-electron chi connectivity index (χ2n) is 6.83. The number of amides is 1. The number of benzene rings is 1. The van der Waals surface area contributed by atoms with E-state index in [-0.39, 0.29) is 5.91 Å². The maximum atomic E-state index is 12.6. The number of nitriles is 1. The molecule has 1 heterocycles. The number of nitrogens with zero attached hydrogens (tertiary/aromatic N) is 2. The van der Waals surface area contributed by atoms with Crippen LogP contribution in [0.4, 0.5) is 0 Å². The molecule has 0 bridgehead atoms. The maximum absolute atomic E-state index is 12.6. The second kappa shape index (κ2) is 10.5.